The molecule has 1 N–H and O–H groups in total. The highest BCUT2D eigenvalue weighted by molar-refractivity contribution is 5.76. The number of pyridine rings is 1. The summed E-state index contributed by atoms with van der Waals surface area (Å²) in [5.74, 6) is 1.55. The van der Waals surface area contributed by atoms with Crippen LogP contribution in [0.2, 0.25) is 0 Å². The van der Waals surface area contributed by atoms with E-state index in [0.717, 1.165) is 50.3 Å². The second-order valence-electron chi connectivity index (χ2n) is 6.48. The largest absolute Gasteiger partial charge is 0.343 e. The molecule has 2 fully saturated rings. The van der Waals surface area contributed by atoms with E-state index >= 15 is 0 Å². The summed E-state index contributed by atoms with van der Waals surface area (Å²) in [6.07, 6.45) is 9.44. The lowest BCUT2D eigenvalue weighted by atomic mass is 9.82. The van der Waals surface area contributed by atoms with Crippen LogP contribution in [-0.4, -0.2) is 28.9 Å². The van der Waals surface area contributed by atoms with E-state index < -0.39 is 0 Å². The first kappa shape index (κ1) is 14.4. The molecule has 3 rings (SSSR count). The number of nitrogens with zero attached hydrogens (tertiary/aromatic N) is 1. The first-order chi connectivity index (χ1) is 10.2. The Morgan fingerprint density at radius 3 is 2.62 bits per heavy atom. The van der Waals surface area contributed by atoms with Crippen LogP contribution in [0.3, 0.4) is 0 Å². The van der Waals surface area contributed by atoms with Crippen LogP contribution in [0.5, 0.6) is 0 Å². The van der Waals surface area contributed by atoms with E-state index in [0.29, 0.717) is 11.8 Å². The van der Waals surface area contributed by atoms with E-state index in [-0.39, 0.29) is 5.56 Å². The minimum absolute atomic E-state index is 0.0356. The van der Waals surface area contributed by atoms with Gasteiger partial charge in [-0.25, -0.2) is 0 Å². The lowest BCUT2D eigenvalue weighted by Gasteiger charge is -2.33. The van der Waals surface area contributed by atoms with Crippen LogP contribution >= 0.6 is 0 Å². The molecule has 0 atom stereocenters. The molecule has 1 aliphatic carbocycles. The van der Waals surface area contributed by atoms with Crippen molar-refractivity contribution in [3.8, 4) is 0 Å². The lowest BCUT2D eigenvalue weighted by molar-refractivity contribution is -0.132. The molecule has 1 saturated carbocycles. The van der Waals surface area contributed by atoms with Gasteiger partial charge in [0.05, 0.1) is 0 Å². The minimum atomic E-state index is -0.0356. The van der Waals surface area contributed by atoms with Crippen LogP contribution < -0.4 is 5.56 Å². The number of carbonyl (C=O) groups is 1. The van der Waals surface area contributed by atoms with E-state index in [1.54, 1.807) is 12.3 Å². The summed E-state index contributed by atoms with van der Waals surface area (Å²) in [5.41, 5.74) is 1.08. The average molecular weight is 288 g/mol. The van der Waals surface area contributed by atoms with Gasteiger partial charge in [0, 0.05) is 31.8 Å². The molecule has 1 aromatic heterocycles. The number of amides is 1. The van der Waals surface area contributed by atoms with Crippen molar-refractivity contribution in [2.45, 2.75) is 50.9 Å². The molecule has 114 valence electrons. The third-order valence-corrected chi connectivity index (χ3v) is 5.11. The Morgan fingerprint density at radius 2 is 2.00 bits per heavy atom. The van der Waals surface area contributed by atoms with Gasteiger partial charge >= 0.3 is 0 Å². The highest BCUT2D eigenvalue weighted by atomic mass is 16.2. The number of aromatic nitrogens is 1. The fraction of sp³-hybridized carbons (Fsp3) is 0.647. The number of aromatic amines is 1. The van der Waals surface area contributed by atoms with Crippen molar-refractivity contribution in [1.82, 2.24) is 9.88 Å². The highest BCUT2D eigenvalue weighted by Crippen LogP contribution is 2.31. The van der Waals surface area contributed by atoms with Crippen LogP contribution in [-0.2, 0) is 4.79 Å². The molecular formula is C17H24N2O2. The van der Waals surface area contributed by atoms with Gasteiger partial charge in [0.15, 0.2) is 0 Å². The molecule has 2 heterocycles. The van der Waals surface area contributed by atoms with Crippen LogP contribution in [0.15, 0.2) is 23.1 Å². The van der Waals surface area contributed by atoms with Crippen molar-refractivity contribution < 1.29 is 4.79 Å². The fourth-order valence-electron chi connectivity index (χ4n) is 3.44. The van der Waals surface area contributed by atoms with Gasteiger partial charge in [0.25, 0.3) is 0 Å². The van der Waals surface area contributed by atoms with E-state index in [9.17, 15) is 9.59 Å². The monoisotopic (exact) mass is 288 g/mol. The third-order valence-electron chi connectivity index (χ3n) is 5.11. The molecule has 0 bridgehead atoms. The maximum Gasteiger partial charge on any atom is 0.248 e. The van der Waals surface area contributed by atoms with Gasteiger partial charge in [-0.05, 0) is 42.7 Å². The van der Waals surface area contributed by atoms with Crippen molar-refractivity contribution in [1.29, 1.82) is 0 Å². The summed E-state index contributed by atoms with van der Waals surface area (Å²) in [5, 5.41) is 0. The predicted octanol–water partition coefficient (Wildman–Crippen LogP) is 2.66. The van der Waals surface area contributed by atoms with Gasteiger partial charge < -0.3 is 9.88 Å². The number of nitrogens with one attached hydrogen (secondary N) is 1. The Bertz CT molecular complexity index is 540. The van der Waals surface area contributed by atoms with Crippen molar-refractivity contribution in [2.24, 2.45) is 5.92 Å². The zero-order chi connectivity index (χ0) is 14.7. The van der Waals surface area contributed by atoms with E-state index in [4.69, 9.17) is 0 Å². The number of hydrogen-bond acceptors (Lipinski definition) is 2. The van der Waals surface area contributed by atoms with Gasteiger partial charge in [0.1, 0.15) is 0 Å². The number of H-pyrrole nitrogens is 1. The van der Waals surface area contributed by atoms with Gasteiger partial charge in [0.2, 0.25) is 11.5 Å². The molecule has 0 unspecified atom stereocenters. The Labute approximate surface area is 125 Å². The second kappa shape index (κ2) is 6.46. The molecule has 21 heavy (non-hydrogen) atoms. The molecule has 1 aromatic rings. The standard InChI is InChI=1S/C17H24N2O2/c20-16-12-15(6-9-18-16)14-7-10-19(11-8-14)17(21)5-4-13-2-1-3-13/h6,9,12-14H,1-5,7-8,10-11H2,(H,18,20). The highest BCUT2D eigenvalue weighted by Gasteiger charge is 2.25. The summed E-state index contributed by atoms with van der Waals surface area (Å²) in [4.78, 5) is 28.3. The summed E-state index contributed by atoms with van der Waals surface area (Å²) < 4.78 is 0. The zero-order valence-electron chi connectivity index (χ0n) is 12.5. The number of likely N-dealkylation sites (tertiary alicyclic amines) is 1. The van der Waals surface area contributed by atoms with Gasteiger partial charge in [-0.15, -0.1) is 0 Å². The second-order valence-corrected chi connectivity index (χ2v) is 6.48. The Kier molecular flexibility index (Phi) is 4.42. The minimum Gasteiger partial charge on any atom is -0.343 e. The number of rotatable bonds is 4. The SMILES string of the molecule is O=C(CCC1CCC1)N1CCC(c2cc[nH]c(=O)c2)CC1. The molecule has 0 aromatic carbocycles. The molecule has 4 heteroatoms. The third kappa shape index (κ3) is 3.55. The Hall–Kier alpha value is -1.58. The fourth-order valence-corrected chi connectivity index (χ4v) is 3.44. The molecule has 4 nitrogen and oxygen atoms in total. The van der Waals surface area contributed by atoms with Crippen LogP contribution in [0.4, 0.5) is 0 Å². The van der Waals surface area contributed by atoms with Gasteiger partial charge in [-0.2, -0.15) is 0 Å². The molecule has 2 aliphatic rings. The van der Waals surface area contributed by atoms with E-state index in [1.807, 2.05) is 11.0 Å². The quantitative estimate of drug-likeness (QED) is 0.926. The van der Waals surface area contributed by atoms with Crippen molar-refractivity contribution in [3.05, 3.63) is 34.2 Å². The zero-order valence-corrected chi connectivity index (χ0v) is 12.5. The topological polar surface area (TPSA) is 53.2 Å². The maximum absolute atomic E-state index is 12.2. The summed E-state index contributed by atoms with van der Waals surface area (Å²) in [7, 11) is 0. The first-order valence-electron chi connectivity index (χ1n) is 8.19. The van der Waals surface area contributed by atoms with Crippen molar-refractivity contribution >= 4 is 5.91 Å². The average Bonchev–Trinajstić information content (AvgIpc) is 2.46. The van der Waals surface area contributed by atoms with Crippen LogP contribution in [0.25, 0.3) is 0 Å². The van der Waals surface area contributed by atoms with Crippen LogP contribution in [0.1, 0.15) is 56.4 Å². The Morgan fingerprint density at radius 1 is 1.24 bits per heavy atom. The maximum atomic E-state index is 12.2. The van der Waals surface area contributed by atoms with Gasteiger partial charge in [-0.3, -0.25) is 9.59 Å². The number of carbonyl (C=O) groups excluding carboxylic acids is 1. The smallest absolute Gasteiger partial charge is 0.248 e. The normalized spacial score (nSPS) is 20.3. The number of hydrogen-bond donors (Lipinski definition) is 1. The van der Waals surface area contributed by atoms with Crippen molar-refractivity contribution in [3.63, 3.8) is 0 Å². The van der Waals surface area contributed by atoms with Crippen molar-refractivity contribution in [2.75, 3.05) is 13.1 Å². The number of piperidine rings is 1. The lowest BCUT2D eigenvalue weighted by Crippen LogP contribution is -2.38. The first-order valence-corrected chi connectivity index (χ1v) is 8.19. The van der Waals surface area contributed by atoms with Crippen LogP contribution in [0, 0.1) is 5.92 Å². The molecular weight excluding hydrogens is 264 g/mol. The molecule has 0 spiro atoms. The van der Waals surface area contributed by atoms with Gasteiger partial charge in [-0.1, -0.05) is 19.3 Å². The predicted molar refractivity (Wildman–Crippen MR) is 82.2 cm³/mol. The molecule has 1 saturated heterocycles. The molecule has 0 radical (unpaired) electrons. The Balaban J connectivity index is 1.47. The summed E-state index contributed by atoms with van der Waals surface area (Å²) in [6, 6.07) is 3.68. The summed E-state index contributed by atoms with van der Waals surface area (Å²) in [6.45, 7) is 1.67. The van der Waals surface area contributed by atoms with E-state index in [2.05, 4.69) is 4.98 Å². The molecule has 1 amide bonds. The van der Waals surface area contributed by atoms with E-state index in [1.165, 1.54) is 19.3 Å². The molecule has 1 aliphatic heterocycles. The summed E-state index contributed by atoms with van der Waals surface area (Å²) >= 11 is 0.